The molecule has 1 aromatic rings. The first kappa shape index (κ1) is 11.7. The first-order valence-corrected chi connectivity index (χ1v) is 6.65. The fourth-order valence-electron chi connectivity index (χ4n) is 2.84. The number of rotatable bonds is 4. The summed E-state index contributed by atoms with van der Waals surface area (Å²) in [6.07, 6.45) is 6.23. The Kier molecular flexibility index (Phi) is 3.65. The molecule has 0 amide bonds. The van der Waals surface area contributed by atoms with Crippen LogP contribution in [0.25, 0.3) is 0 Å². The van der Waals surface area contributed by atoms with Gasteiger partial charge in [0.15, 0.2) is 0 Å². The molecule has 1 atom stereocenters. The molecule has 1 aromatic carbocycles. The van der Waals surface area contributed by atoms with Crippen molar-refractivity contribution in [2.24, 2.45) is 0 Å². The molecule has 2 rings (SSSR count). The van der Waals surface area contributed by atoms with Crippen molar-refractivity contribution in [1.29, 1.82) is 0 Å². The second-order valence-electron chi connectivity index (χ2n) is 4.91. The van der Waals surface area contributed by atoms with Gasteiger partial charge in [-0.2, -0.15) is 0 Å². The maximum atomic E-state index is 3.69. The molecular weight excluding hydrogens is 194 g/mol. The SMILES string of the molecule is CCCc1ccc(C2(CC)CCCN2)cc1. The normalized spacial score (nSPS) is 24.9. The second-order valence-corrected chi connectivity index (χ2v) is 4.91. The van der Waals surface area contributed by atoms with Crippen molar-refractivity contribution in [3.8, 4) is 0 Å². The highest BCUT2D eigenvalue weighted by Crippen LogP contribution is 2.33. The van der Waals surface area contributed by atoms with Crippen molar-refractivity contribution in [1.82, 2.24) is 5.32 Å². The van der Waals surface area contributed by atoms with Crippen LogP contribution in [0, 0.1) is 0 Å². The minimum Gasteiger partial charge on any atom is -0.307 e. The fraction of sp³-hybridized carbons (Fsp3) is 0.600. The Morgan fingerprint density at radius 3 is 2.44 bits per heavy atom. The topological polar surface area (TPSA) is 12.0 Å². The standard InChI is InChI=1S/C15H23N/c1-3-6-13-7-9-14(10-8-13)15(4-2)11-5-12-16-15/h7-10,16H,3-6,11-12H2,1-2H3. The van der Waals surface area contributed by atoms with E-state index >= 15 is 0 Å². The van der Waals surface area contributed by atoms with Crippen molar-refractivity contribution in [3.05, 3.63) is 35.4 Å². The van der Waals surface area contributed by atoms with Crippen LogP contribution in [-0.4, -0.2) is 6.54 Å². The van der Waals surface area contributed by atoms with Gasteiger partial charge in [-0.3, -0.25) is 0 Å². The van der Waals surface area contributed by atoms with Crippen LogP contribution in [0.15, 0.2) is 24.3 Å². The Morgan fingerprint density at radius 2 is 1.94 bits per heavy atom. The van der Waals surface area contributed by atoms with Gasteiger partial charge in [0.2, 0.25) is 0 Å². The van der Waals surface area contributed by atoms with Gasteiger partial charge in [0.25, 0.3) is 0 Å². The minimum absolute atomic E-state index is 0.269. The third kappa shape index (κ3) is 2.15. The van der Waals surface area contributed by atoms with Crippen molar-refractivity contribution in [2.75, 3.05) is 6.54 Å². The van der Waals surface area contributed by atoms with Crippen LogP contribution in [0.4, 0.5) is 0 Å². The van der Waals surface area contributed by atoms with Gasteiger partial charge in [-0.05, 0) is 43.4 Å². The summed E-state index contributed by atoms with van der Waals surface area (Å²) >= 11 is 0. The monoisotopic (exact) mass is 217 g/mol. The molecule has 1 aliphatic rings. The van der Waals surface area contributed by atoms with E-state index in [0.29, 0.717) is 0 Å². The smallest absolute Gasteiger partial charge is 0.0432 e. The zero-order valence-corrected chi connectivity index (χ0v) is 10.6. The molecule has 1 unspecified atom stereocenters. The Hall–Kier alpha value is -0.820. The summed E-state index contributed by atoms with van der Waals surface area (Å²) in [6.45, 7) is 5.70. The average Bonchev–Trinajstić information content (AvgIpc) is 2.80. The minimum atomic E-state index is 0.269. The molecule has 16 heavy (non-hydrogen) atoms. The van der Waals surface area contributed by atoms with Crippen LogP contribution in [0.1, 0.15) is 50.7 Å². The maximum Gasteiger partial charge on any atom is 0.0432 e. The second kappa shape index (κ2) is 5.01. The highest BCUT2D eigenvalue weighted by molar-refractivity contribution is 5.29. The molecule has 1 fully saturated rings. The van der Waals surface area contributed by atoms with Crippen LogP contribution >= 0.6 is 0 Å². The lowest BCUT2D eigenvalue weighted by Crippen LogP contribution is -2.35. The number of hydrogen-bond donors (Lipinski definition) is 1. The third-order valence-corrected chi connectivity index (χ3v) is 3.89. The van der Waals surface area contributed by atoms with Crippen molar-refractivity contribution >= 4 is 0 Å². The van der Waals surface area contributed by atoms with Crippen LogP contribution < -0.4 is 5.32 Å². The number of aryl methyl sites for hydroxylation is 1. The molecule has 0 radical (unpaired) electrons. The van der Waals surface area contributed by atoms with Crippen molar-refractivity contribution in [3.63, 3.8) is 0 Å². The van der Waals surface area contributed by atoms with Gasteiger partial charge >= 0.3 is 0 Å². The largest absolute Gasteiger partial charge is 0.307 e. The lowest BCUT2D eigenvalue weighted by Gasteiger charge is -2.29. The van der Waals surface area contributed by atoms with E-state index in [9.17, 15) is 0 Å². The fourth-order valence-corrected chi connectivity index (χ4v) is 2.84. The van der Waals surface area contributed by atoms with Crippen molar-refractivity contribution < 1.29 is 0 Å². The molecule has 0 spiro atoms. The quantitative estimate of drug-likeness (QED) is 0.812. The van der Waals surface area contributed by atoms with Crippen molar-refractivity contribution in [2.45, 2.75) is 51.5 Å². The van der Waals surface area contributed by atoms with E-state index < -0.39 is 0 Å². The Balaban J connectivity index is 2.19. The number of benzene rings is 1. The van der Waals surface area contributed by atoms with Gasteiger partial charge in [-0.15, -0.1) is 0 Å². The molecular formula is C15H23N. The molecule has 0 aromatic heterocycles. The molecule has 0 bridgehead atoms. The van der Waals surface area contributed by atoms with E-state index in [-0.39, 0.29) is 5.54 Å². The Labute approximate surface area is 99.3 Å². The predicted molar refractivity (Wildman–Crippen MR) is 69.6 cm³/mol. The summed E-state index contributed by atoms with van der Waals surface area (Å²) in [4.78, 5) is 0. The van der Waals surface area contributed by atoms with E-state index in [1.807, 2.05) is 0 Å². The highest BCUT2D eigenvalue weighted by atomic mass is 15.0. The van der Waals surface area contributed by atoms with Crippen LogP contribution in [0.3, 0.4) is 0 Å². The molecule has 0 saturated carbocycles. The summed E-state index contributed by atoms with van der Waals surface area (Å²) in [5.41, 5.74) is 3.22. The van der Waals surface area contributed by atoms with Gasteiger partial charge in [-0.1, -0.05) is 44.5 Å². The van der Waals surface area contributed by atoms with Crippen LogP contribution in [0.5, 0.6) is 0 Å². The lowest BCUT2D eigenvalue weighted by molar-refractivity contribution is 0.376. The van der Waals surface area contributed by atoms with Crippen LogP contribution in [-0.2, 0) is 12.0 Å². The molecule has 1 aliphatic heterocycles. The summed E-state index contributed by atoms with van der Waals surface area (Å²) in [7, 11) is 0. The van der Waals surface area contributed by atoms with E-state index in [1.54, 1.807) is 0 Å². The molecule has 88 valence electrons. The molecule has 1 heteroatoms. The molecule has 1 saturated heterocycles. The van der Waals surface area contributed by atoms with Gasteiger partial charge in [0.05, 0.1) is 0 Å². The first-order valence-electron chi connectivity index (χ1n) is 6.65. The number of nitrogens with one attached hydrogen (secondary N) is 1. The Bertz CT molecular complexity index is 320. The Morgan fingerprint density at radius 1 is 1.19 bits per heavy atom. The lowest BCUT2D eigenvalue weighted by atomic mass is 9.85. The summed E-state index contributed by atoms with van der Waals surface area (Å²) in [5, 5.41) is 3.69. The summed E-state index contributed by atoms with van der Waals surface area (Å²) in [6, 6.07) is 9.26. The number of hydrogen-bond acceptors (Lipinski definition) is 1. The highest BCUT2D eigenvalue weighted by Gasteiger charge is 2.32. The molecule has 1 nitrogen and oxygen atoms in total. The molecule has 0 aliphatic carbocycles. The van der Waals surface area contributed by atoms with Gasteiger partial charge in [-0.25, -0.2) is 0 Å². The molecule has 1 N–H and O–H groups in total. The zero-order valence-electron chi connectivity index (χ0n) is 10.6. The van der Waals surface area contributed by atoms with Gasteiger partial charge in [0, 0.05) is 5.54 Å². The third-order valence-electron chi connectivity index (χ3n) is 3.89. The van der Waals surface area contributed by atoms with Gasteiger partial charge in [0.1, 0.15) is 0 Å². The zero-order chi connectivity index (χ0) is 11.4. The van der Waals surface area contributed by atoms with E-state index in [4.69, 9.17) is 0 Å². The van der Waals surface area contributed by atoms with E-state index in [2.05, 4.69) is 43.4 Å². The predicted octanol–water partition coefficient (Wildman–Crippen LogP) is 3.63. The molecule has 1 heterocycles. The van der Waals surface area contributed by atoms with E-state index in [1.165, 1.54) is 49.8 Å². The van der Waals surface area contributed by atoms with Crippen LogP contribution in [0.2, 0.25) is 0 Å². The maximum absolute atomic E-state index is 3.69. The summed E-state index contributed by atoms with van der Waals surface area (Å²) < 4.78 is 0. The first-order chi connectivity index (χ1) is 7.80. The summed E-state index contributed by atoms with van der Waals surface area (Å²) in [5.74, 6) is 0. The average molecular weight is 217 g/mol. The van der Waals surface area contributed by atoms with Gasteiger partial charge < -0.3 is 5.32 Å². The van der Waals surface area contributed by atoms with E-state index in [0.717, 1.165) is 0 Å².